The van der Waals surface area contributed by atoms with E-state index in [0.717, 1.165) is 12.8 Å². The van der Waals surface area contributed by atoms with E-state index in [9.17, 15) is 14.9 Å². The zero-order valence-electron chi connectivity index (χ0n) is 9.39. The molecule has 1 aliphatic rings. The Hall–Kier alpha value is -1.17. The highest BCUT2D eigenvalue weighted by Gasteiger charge is 2.30. The van der Waals surface area contributed by atoms with Gasteiger partial charge in [0.2, 0.25) is 6.54 Å². The van der Waals surface area contributed by atoms with Crippen molar-refractivity contribution in [3.8, 4) is 0 Å². The maximum atomic E-state index is 11.2. The topological polar surface area (TPSA) is 78.7 Å². The second kappa shape index (κ2) is 6.42. The van der Waals surface area contributed by atoms with E-state index in [1.165, 1.54) is 7.11 Å². The molecule has 0 N–H and O–H groups in total. The van der Waals surface area contributed by atoms with Crippen molar-refractivity contribution in [2.75, 3.05) is 26.9 Å². The quantitative estimate of drug-likeness (QED) is 0.398. The van der Waals surface area contributed by atoms with Crippen LogP contribution in [0.2, 0.25) is 0 Å². The standard InChI is InChI=1S/C10H17NO5/c1-15-10(12)5-9(6-11(13)14)8-3-2-4-16-7-8/h8-9H,2-7H2,1H3/t8-,9-/m1/s1. The molecule has 1 saturated heterocycles. The van der Waals surface area contributed by atoms with Crippen LogP contribution in [0.5, 0.6) is 0 Å². The van der Waals surface area contributed by atoms with Crippen LogP contribution in [-0.2, 0) is 14.3 Å². The van der Waals surface area contributed by atoms with Crippen LogP contribution < -0.4 is 0 Å². The Labute approximate surface area is 94.1 Å². The van der Waals surface area contributed by atoms with Gasteiger partial charge in [0.25, 0.3) is 0 Å². The van der Waals surface area contributed by atoms with Crippen LogP contribution in [-0.4, -0.2) is 37.8 Å². The van der Waals surface area contributed by atoms with Crippen molar-refractivity contribution in [2.24, 2.45) is 11.8 Å². The molecule has 1 heterocycles. The Bertz CT molecular complexity index is 250. The average molecular weight is 231 g/mol. The molecule has 0 radical (unpaired) electrons. The Balaban J connectivity index is 2.53. The second-order valence-electron chi connectivity index (χ2n) is 4.03. The summed E-state index contributed by atoms with van der Waals surface area (Å²) in [6, 6.07) is 0. The van der Waals surface area contributed by atoms with Gasteiger partial charge >= 0.3 is 5.97 Å². The SMILES string of the molecule is COC(=O)C[C@H](C[N+](=O)[O-])[C@@H]1CCCOC1. The third kappa shape index (κ3) is 4.14. The number of nitro groups is 1. The van der Waals surface area contributed by atoms with Crippen molar-refractivity contribution in [3.63, 3.8) is 0 Å². The van der Waals surface area contributed by atoms with Crippen LogP contribution in [0.1, 0.15) is 19.3 Å². The third-order valence-corrected chi connectivity index (χ3v) is 2.90. The molecule has 0 aliphatic carbocycles. The first-order valence-corrected chi connectivity index (χ1v) is 5.40. The van der Waals surface area contributed by atoms with Gasteiger partial charge in [-0.2, -0.15) is 0 Å². The summed E-state index contributed by atoms with van der Waals surface area (Å²) in [5, 5.41) is 10.5. The Morgan fingerprint density at radius 1 is 1.69 bits per heavy atom. The molecule has 16 heavy (non-hydrogen) atoms. The fourth-order valence-corrected chi connectivity index (χ4v) is 2.01. The number of rotatable bonds is 5. The first-order chi connectivity index (χ1) is 7.63. The van der Waals surface area contributed by atoms with Crippen LogP contribution >= 0.6 is 0 Å². The van der Waals surface area contributed by atoms with Crippen LogP contribution in [0.4, 0.5) is 0 Å². The van der Waals surface area contributed by atoms with Gasteiger partial charge in [0, 0.05) is 24.1 Å². The largest absolute Gasteiger partial charge is 0.469 e. The molecule has 1 fully saturated rings. The Morgan fingerprint density at radius 2 is 2.44 bits per heavy atom. The zero-order valence-corrected chi connectivity index (χ0v) is 9.39. The lowest BCUT2D eigenvalue weighted by atomic mass is 9.85. The molecule has 92 valence electrons. The summed E-state index contributed by atoms with van der Waals surface area (Å²) >= 11 is 0. The van der Waals surface area contributed by atoms with Crippen LogP contribution in [0.25, 0.3) is 0 Å². The van der Waals surface area contributed by atoms with Crippen molar-refractivity contribution >= 4 is 5.97 Å². The fraction of sp³-hybridized carbons (Fsp3) is 0.900. The third-order valence-electron chi connectivity index (χ3n) is 2.90. The minimum absolute atomic E-state index is 0.0956. The molecule has 0 saturated carbocycles. The Kier molecular flexibility index (Phi) is 5.18. The summed E-state index contributed by atoms with van der Waals surface area (Å²) < 4.78 is 9.84. The molecule has 2 atom stereocenters. The molecule has 1 rings (SSSR count). The van der Waals surface area contributed by atoms with Gasteiger partial charge < -0.3 is 9.47 Å². The molecule has 0 aromatic heterocycles. The van der Waals surface area contributed by atoms with Crippen molar-refractivity contribution in [2.45, 2.75) is 19.3 Å². The smallest absolute Gasteiger partial charge is 0.306 e. The molecule has 0 bridgehead atoms. The summed E-state index contributed by atoms with van der Waals surface area (Å²) in [5.74, 6) is -0.571. The lowest BCUT2D eigenvalue weighted by molar-refractivity contribution is -0.490. The highest BCUT2D eigenvalue weighted by molar-refractivity contribution is 5.69. The van der Waals surface area contributed by atoms with Gasteiger partial charge in [-0.15, -0.1) is 0 Å². The van der Waals surface area contributed by atoms with Gasteiger partial charge in [-0.1, -0.05) is 0 Å². The van der Waals surface area contributed by atoms with Gasteiger partial charge in [-0.25, -0.2) is 0 Å². The van der Waals surface area contributed by atoms with Gasteiger partial charge in [-0.05, 0) is 18.8 Å². The molecular weight excluding hydrogens is 214 g/mol. The van der Waals surface area contributed by atoms with E-state index >= 15 is 0 Å². The molecular formula is C10H17NO5. The van der Waals surface area contributed by atoms with Crippen molar-refractivity contribution in [3.05, 3.63) is 10.1 Å². The number of hydrogen-bond donors (Lipinski definition) is 0. The van der Waals surface area contributed by atoms with Crippen molar-refractivity contribution < 1.29 is 19.2 Å². The van der Waals surface area contributed by atoms with E-state index < -0.39 is 5.97 Å². The number of ether oxygens (including phenoxy) is 2. The summed E-state index contributed by atoms with van der Waals surface area (Å²) in [6.07, 6.45) is 1.89. The normalized spacial score (nSPS) is 22.4. The van der Waals surface area contributed by atoms with E-state index in [1.54, 1.807) is 0 Å². The fourth-order valence-electron chi connectivity index (χ4n) is 2.01. The molecule has 0 spiro atoms. The molecule has 0 aromatic rings. The summed E-state index contributed by atoms with van der Waals surface area (Å²) in [5.41, 5.74) is 0. The Morgan fingerprint density at radius 3 is 2.94 bits per heavy atom. The number of esters is 1. The monoisotopic (exact) mass is 231 g/mol. The second-order valence-corrected chi connectivity index (χ2v) is 4.03. The van der Waals surface area contributed by atoms with E-state index in [0.29, 0.717) is 13.2 Å². The number of carbonyl (C=O) groups is 1. The number of hydrogen-bond acceptors (Lipinski definition) is 5. The van der Waals surface area contributed by atoms with E-state index in [-0.39, 0.29) is 29.7 Å². The van der Waals surface area contributed by atoms with Gasteiger partial charge in [0.1, 0.15) is 0 Å². The van der Waals surface area contributed by atoms with E-state index in [1.807, 2.05) is 0 Å². The maximum Gasteiger partial charge on any atom is 0.306 e. The van der Waals surface area contributed by atoms with Crippen LogP contribution in [0.15, 0.2) is 0 Å². The van der Waals surface area contributed by atoms with Crippen LogP contribution in [0, 0.1) is 22.0 Å². The average Bonchev–Trinajstić information content (AvgIpc) is 2.28. The van der Waals surface area contributed by atoms with Crippen molar-refractivity contribution in [1.29, 1.82) is 0 Å². The summed E-state index contributed by atoms with van der Waals surface area (Å²) in [6.45, 7) is 1.03. The lowest BCUT2D eigenvalue weighted by Crippen LogP contribution is -2.31. The predicted molar refractivity (Wildman–Crippen MR) is 55.5 cm³/mol. The van der Waals surface area contributed by atoms with Gasteiger partial charge in [0.05, 0.1) is 13.5 Å². The molecule has 6 nitrogen and oxygen atoms in total. The zero-order chi connectivity index (χ0) is 12.0. The number of methoxy groups -OCH3 is 1. The first kappa shape index (κ1) is 12.9. The number of nitrogens with zero attached hydrogens (tertiary/aromatic N) is 1. The predicted octanol–water partition coefficient (Wildman–Crippen LogP) is 0.869. The molecule has 1 aliphatic heterocycles. The van der Waals surface area contributed by atoms with E-state index in [4.69, 9.17) is 4.74 Å². The van der Waals surface area contributed by atoms with Crippen LogP contribution in [0.3, 0.4) is 0 Å². The van der Waals surface area contributed by atoms with Gasteiger partial charge in [-0.3, -0.25) is 14.9 Å². The molecule has 0 aromatic carbocycles. The first-order valence-electron chi connectivity index (χ1n) is 5.40. The maximum absolute atomic E-state index is 11.2. The highest BCUT2D eigenvalue weighted by Crippen LogP contribution is 2.25. The molecule has 0 unspecified atom stereocenters. The molecule has 6 heteroatoms. The van der Waals surface area contributed by atoms with Crippen molar-refractivity contribution in [1.82, 2.24) is 0 Å². The number of carbonyl (C=O) groups excluding carboxylic acids is 1. The minimum Gasteiger partial charge on any atom is -0.469 e. The summed E-state index contributed by atoms with van der Waals surface area (Å²) in [7, 11) is 1.29. The van der Waals surface area contributed by atoms with Gasteiger partial charge in [0.15, 0.2) is 0 Å². The highest BCUT2D eigenvalue weighted by atomic mass is 16.6. The minimum atomic E-state index is -0.391. The lowest BCUT2D eigenvalue weighted by Gasteiger charge is -2.27. The molecule has 0 amide bonds. The summed E-state index contributed by atoms with van der Waals surface area (Å²) in [4.78, 5) is 21.3. The van der Waals surface area contributed by atoms with E-state index in [2.05, 4.69) is 4.74 Å².